The summed E-state index contributed by atoms with van der Waals surface area (Å²) < 4.78 is 10.8. The van der Waals surface area contributed by atoms with E-state index in [4.69, 9.17) is 14.6 Å². The Morgan fingerprint density at radius 2 is 2.14 bits per heavy atom. The first kappa shape index (κ1) is 11.4. The van der Waals surface area contributed by atoms with Crippen LogP contribution in [0.1, 0.15) is 26.7 Å². The lowest BCUT2D eigenvalue weighted by atomic mass is 10.1. The topological polar surface area (TPSA) is 76.0 Å². The van der Waals surface area contributed by atoms with E-state index in [1.165, 1.54) is 0 Å². The van der Waals surface area contributed by atoms with Crippen LogP contribution in [0.3, 0.4) is 0 Å². The summed E-state index contributed by atoms with van der Waals surface area (Å²) in [5, 5.41) is 17.8. The van der Waals surface area contributed by atoms with Gasteiger partial charge in [0.25, 0.3) is 0 Å². The average molecular weight is 204 g/mol. The molecular weight excluding hydrogens is 188 g/mol. The van der Waals surface area contributed by atoms with Gasteiger partial charge in [-0.05, 0) is 12.8 Å². The van der Waals surface area contributed by atoms with Gasteiger partial charge in [-0.15, -0.1) is 0 Å². The third-order valence-corrected chi connectivity index (χ3v) is 2.56. The van der Waals surface area contributed by atoms with Crippen molar-refractivity contribution in [2.75, 3.05) is 6.61 Å². The highest BCUT2D eigenvalue weighted by molar-refractivity contribution is 5.72. The van der Waals surface area contributed by atoms with Crippen molar-refractivity contribution in [1.29, 1.82) is 0 Å². The number of rotatable bonds is 4. The molecule has 1 aliphatic rings. The van der Waals surface area contributed by atoms with E-state index in [0.717, 1.165) is 0 Å². The number of aliphatic carboxylic acids is 1. The predicted molar refractivity (Wildman–Crippen MR) is 47.8 cm³/mol. The Bertz CT molecular complexity index is 211. The number of carboxylic acid groups (broad SMARTS) is 1. The van der Waals surface area contributed by atoms with E-state index >= 15 is 0 Å². The highest BCUT2D eigenvalue weighted by Gasteiger charge is 2.43. The van der Waals surface area contributed by atoms with Gasteiger partial charge < -0.3 is 19.7 Å². The van der Waals surface area contributed by atoms with Crippen molar-refractivity contribution in [2.24, 2.45) is 0 Å². The minimum atomic E-state index is -1.50. The summed E-state index contributed by atoms with van der Waals surface area (Å²) in [7, 11) is 0. The molecule has 5 nitrogen and oxygen atoms in total. The van der Waals surface area contributed by atoms with Crippen LogP contribution in [0, 0.1) is 0 Å². The maximum Gasteiger partial charge on any atom is 0.335 e. The summed E-state index contributed by atoms with van der Waals surface area (Å²) >= 11 is 0. The molecule has 1 rings (SSSR count). The van der Waals surface area contributed by atoms with Gasteiger partial charge in [0.05, 0.1) is 6.61 Å². The normalized spacial score (nSPS) is 27.5. The summed E-state index contributed by atoms with van der Waals surface area (Å²) in [6.45, 7) is 3.94. The van der Waals surface area contributed by atoms with Crippen molar-refractivity contribution < 1.29 is 24.5 Å². The lowest BCUT2D eigenvalue weighted by molar-refractivity contribution is -0.187. The van der Waals surface area contributed by atoms with Crippen LogP contribution in [0.2, 0.25) is 0 Å². The van der Waals surface area contributed by atoms with E-state index in [2.05, 4.69) is 0 Å². The fourth-order valence-corrected chi connectivity index (χ4v) is 1.51. The molecule has 0 amide bonds. The standard InChI is InChI=1S/C9H16O5/c1-3-9(4-2)13-5-6(14-9)7(10)8(11)12/h6-7,10H,3-5H2,1-2H3,(H,11,12)/t6-,7-/m1/s1. The van der Waals surface area contributed by atoms with Crippen molar-refractivity contribution >= 4 is 5.97 Å². The molecule has 1 heterocycles. The second kappa shape index (κ2) is 4.25. The zero-order valence-corrected chi connectivity index (χ0v) is 8.40. The van der Waals surface area contributed by atoms with Crippen LogP contribution in [-0.4, -0.2) is 40.8 Å². The highest BCUT2D eigenvalue weighted by atomic mass is 16.7. The molecule has 5 heteroatoms. The van der Waals surface area contributed by atoms with Crippen molar-refractivity contribution in [1.82, 2.24) is 0 Å². The summed E-state index contributed by atoms with van der Waals surface area (Å²) in [6.07, 6.45) is -0.971. The van der Waals surface area contributed by atoms with Crippen molar-refractivity contribution in [3.05, 3.63) is 0 Å². The quantitative estimate of drug-likeness (QED) is 0.691. The summed E-state index contributed by atoms with van der Waals surface area (Å²) in [5.41, 5.74) is 0. The Morgan fingerprint density at radius 3 is 2.50 bits per heavy atom. The van der Waals surface area contributed by atoms with Crippen molar-refractivity contribution in [3.63, 3.8) is 0 Å². The lowest BCUT2D eigenvalue weighted by Crippen LogP contribution is -2.37. The van der Waals surface area contributed by atoms with E-state index in [0.29, 0.717) is 12.8 Å². The van der Waals surface area contributed by atoms with E-state index in [9.17, 15) is 9.90 Å². The molecule has 1 saturated heterocycles. The predicted octanol–water partition coefficient (Wildman–Crippen LogP) is 0.364. The van der Waals surface area contributed by atoms with Gasteiger partial charge in [0.2, 0.25) is 0 Å². The van der Waals surface area contributed by atoms with E-state index < -0.39 is 24.0 Å². The van der Waals surface area contributed by atoms with Gasteiger partial charge in [-0.25, -0.2) is 4.79 Å². The zero-order chi connectivity index (χ0) is 10.8. The number of hydrogen-bond donors (Lipinski definition) is 2. The molecule has 0 aromatic rings. The number of hydrogen-bond acceptors (Lipinski definition) is 4. The van der Waals surface area contributed by atoms with Crippen molar-refractivity contribution in [2.45, 2.75) is 44.7 Å². The van der Waals surface area contributed by atoms with Gasteiger partial charge in [0, 0.05) is 0 Å². The minimum Gasteiger partial charge on any atom is -0.479 e. The summed E-state index contributed by atoms with van der Waals surface area (Å²) in [5.74, 6) is -1.98. The molecule has 2 atom stereocenters. The van der Waals surface area contributed by atoms with Gasteiger partial charge in [-0.2, -0.15) is 0 Å². The average Bonchev–Trinajstić information content (AvgIpc) is 2.61. The Balaban J connectivity index is 2.60. The third-order valence-electron chi connectivity index (χ3n) is 2.56. The lowest BCUT2D eigenvalue weighted by Gasteiger charge is -2.25. The molecule has 82 valence electrons. The number of ether oxygens (including phenoxy) is 2. The molecule has 1 fully saturated rings. The Labute approximate surface area is 82.6 Å². The summed E-state index contributed by atoms with van der Waals surface area (Å²) in [4.78, 5) is 10.5. The number of carboxylic acids is 1. The smallest absolute Gasteiger partial charge is 0.335 e. The minimum absolute atomic E-state index is 0.134. The zero-order valence-electron chi connectivity index (χ0n) is 8.40. The highest BCUT2D eigenvalue weighted by Crippen LogP contribution is 2.31. The monoisotopic (exact) mass is 204 g/mol. The van der Waals surface area contributed by atoms with E-state index in [1.54, 1.807) is 0 Å². The van der Waals surface area contributed by atoms with Gasteiger partial charge in [0.1, 0.15) is 6.10 Å². The van der Waals surface area contributed by atoms with E-state index in [-0.39, 0.29) is 6.61 Å². The number of aliphatic hydroxyl groups is 1. The molecule has 0 unspecified atom stereocenters. The molecule has 0 aliphatic carbocycles. The second-order valence-electron chi connectivity index (χ2n) is 3.37. The Morgan fingerprint density at radius 1 is 1.57 bits per heavy atom. The maximum absolute atomic E-state index is 10.5. The van der Waals surface area contributed by atoms with Crippen LogP contribution in [0.15, 0.2) is 0 Å². The molecule has 0 bridgehead atoms. The Kier molecular flexibility index (Phi) is 3.47. The van der Waals surface area contributed by atoms with Crippen LogP contribution in [0.25, 0.3) is 0 Å². The maximum atomic E-state index is 10.5. The SMILES string of the molecule is CCC1(CC)OC[C@H]([C@@H](O)C(=O)O)O1. The molecule has 0 spiro atoms. The molecule has 14 heavy (non-hydrogen) atoms. The molecule has 0 saturated carbocycles. The fourth-order valence-electron chi connectivity index (χ4n) is 1.51. The molecular formula is C9H16O5. The Hall–Kier alpha value is -0.650. The molecule has 2 N–H and O–H groups in total. The first-order chi connectivity index (χ1) is 6.54. The third kappa shape index (κ3) is 2.05. The van der Waals surface area contributed by atoms with E-state index in [1.807, 2.05) is 13.8 Å². The van der Waals surface area contributed by atoms with Crippen molar-refractivity contribution in [3.8, 4) is 0 Å². The largest absolute Gasteiger partial charge is 0.479 e. The second-order valence-corrected chi connectivity index (χ2v) is 3.37. The van der Waals surface area contributed by atoms with Crippen LogP contribution >= 0.6 is 0 Å². The molecule has 0 aromatic heterocycles. The van der Waals surface area contributed by atoms with Gasteiger partial charge >= 0.3 is 5.97 Å². The van der Waals surface area contributed by atoms with Crippen LogP contribution in [0.4, 0.5) is 0 Å². The first-order valence-electron chi connectivity index (χ1n) is 4.77. The van der Waals surface area contributed by atoms with Crippen LogP contribution in [-0.2, 0) is 14.3 Å². The fraction of sp³-hybridized carbons (Fsp3) is 0.889. The van der Waals surface area contributed by atoms with Gasteiger partial charge in [-0.1, -0.05) is 13.8 Å². The number of aliphatic hydroxyl groups excluding tert-OH is 1. The number of carbonyl (C=O) groups is 1. The molecule has 1 aliphatic heterocycles. The first-order valence-corrected chi connectivity index (χ1v) is 4.77. The molecule has 0 radical (unpaired) electrons. The molecule has 0 aromatic carbocycles. The van der Waals surface area contributed by atoms with Crippen LogP contribution in [0.5, 0.6) is 0 Å². The van der Waals surface area contributed by atoms with Gasteiger partial charge in [-0.3, -0.25) is 0 Å². The summed E-state index contributed by atoms with van der Waals surface area (Å²) in [6, 6.07) is 0. The van der Waals surface area contributed by atoms with Gasteiger partial charge in [0.15, 0.2) is 11.9 Å². The van der Waals surface area contributed by atoms with Crippen LogP contribution < -0.4 is 0 Å².